The zero-order valence-electron chi connectivity index (χ0n) is 7.65. The van der Waals surface area contributed by atoms with Gasteiger partial charge in [-0.3, -0.25) is 14.9 Å². The molecule has 6 heteroatoms. The van der Waals surface area contributed by atoms with Crippen LogP contribution in [0.25, 0.3) is 0 Å². The molecule has 15 heavy (non-hydrogen) atoms. The van der Waals surface area contributed by atoms with Crippen molar-refractivity contribution in [3.8, 4) is 6.07 Å². The van der Waals surface area contributed by atoms with Crippen LogP contribution < -0.4 is 0 Å². The Morgan fingerprint density at radius 2 is 2.20 bits per heavy atom. The standard InChI is InChI=1S/C9H5BrN2O3/c1-5(13)7-3-2-6(4-11)8(10)9(7)12(14)15/h2-3H,1H3. The van der Waals surface area contributed by atoms with E-state index in [-0.39, 0.29) is 21.3 Å². The summed E-state index contributed by atoms with van der Waals surface area (Å²) in [6.07, 6.45) is 0. The minimum atomic E-state index is -0.679. The number of nitro groups is 1. The van der Waals surface area contributed by atoms with E-state index in [1.54, 1.807) is 6.07 Å². The highest BCUT2D eigenvalue weighted by Crippen LogP contribution is 2.32. The van der Waals surface area contributed by atoms with E-state index in [0.717, 1.165) is 0 Å². The first-order chi connectivity index (χ1) is 6.99. The molecule has 0 saturated heterocycles. The number of benzene rings is 1. The quantitative estimate of drug-likeness (QED) is 0.469. The Labute approximate surface area is 93.6 Å². The third kappa shape index (κ3) is 2.02. The minimum absolute atomic E-state index is 0.00845. The highest BCUT2D eigenvalue weighted by molar-refractivity contribution is 9.10. The Kier molecular flexibility index (Phi) is 3.17. The Morgan fingerprint density at radius 3 is 2.60 bits per heavy atom. The molecule has 0 aliphatic rings. The molecule has 1 rings (SSSR count). The van der Waals surface area contributed by atoms with Gasteiger partial charge in [-0.2, -0.15) is 5.26 Å². The molecule has 0 radical (unpaired) electrons. The second-order valence-corrected chi connectivity index (χ2v) is 3.54. The number of carbonyl (C=O) groups is 1. The van der Waals surface area contributed by atoms with Gasteiger partial charge in [0.2, 0.25) is 0 Å². The van der Waals surface area contributed by atoms with Crippen LogP contribution in [0, 0.1) is 21.4 Å². The molecule has 0 aliphatic heterocycles. The first-order valence-corrected chi connectivity index (χ1v) is 4.66. The molecule has 1 aromatic carbocycles. The van der Waals surface area contributed by atoms with Gasteiger partial charge < -0.3 is 0 Å². The molecule has 0 bridgehead atoms. The predicted molar refractivity (Wildman–Crippen MR) is 55.5 cm³/mol. The van der Waals surface area contributed by atoms with Crippen LogP contribution in [0.4, 0.5) is 5.69 Å². The Balaban J connectivity index is 3.60. The number of carbonyl (C=O) groups excluding carboxylic acids is 1. The van der Waals surface area contributed by atoms with Gasteiger partial charge in [0, 0.05) is 0 Å². The molecule has 0 amide bonds. The molecule has 76 valence electrons. The molecule has 0 spiro atoms. The highest BCUT2D eigenvalue weighted by atomic mass is 79.9. The number of nitrogens with zero attached hydrogens (tertiary/aromatic N) is 2. The number of halogens is 1. The molecule has 1 aromatic rings. The number of hydrogen-bond donors (Lipinski definition) is 0. The molecule has 0 saturated carbocycles. The van der Waals surface area contributed by atoms with Crippen molar-refractivity contribution in [2.24, 2.45) is 0 Å². The summed E-state index contributed by atoms with van der Waals surface area (Å²) in [7, 11) is 0. The van der Waals surface area contributed by atoms with Crippen molar-refractivity contribution in [1.29, 1.82) is 5.26 Å². The van der Waals surface area contributed by atoms with Crippen molar-refractivity contribution < 1.29 is 9.72 Å². The van der Waals surface area contributed by atoms with E-state index in [4.69, 9.17) is 5.26 Å². The number of rotatable bonds is 2. The lowest BCUT2D eigenvalue weighted by atomic mass is 10.1. The van der Waals surface area contributed by atoms with E-state index in [0.29, 0.717) is 0 Å². The van der Waals surface area contributed by atoms with Crippen molar-refractivity contribution in [1.82, 2.24) is 0 Å². The van der Waals surface area contributed by atoms with E-state index in [1.165, 1.54) is 19.1 Å². The number of hydrogen-bond acceptors (Lipinski definition) is 4. The van der Waals surface area contributed by atoms with Crippen LogP contribution in [-0.2, 0) is 0 Å². The maximum absolute atomic E-state index is 11.1. The Morgan fingerprint density at radius 1 is 1.60 bits per heavy atom. The van der Waals surface area contributed by atoms with Gasteiger partial charge in [0.15, 0.2) is 5.78 Å². The van der Waals surface area contributed by atoms with E-state index in [9.17, 15) is 14.9 Å². The summed E-state index contributed by atoms with van der Waals surface area (Å²) >= 11 is 2.94. The van der Waals surface area contributed by atoms with E-state index < -0.39 is 10.7 Å². The molecule has 0 aromatic heterocycles. The fourth-order valence-electron chi connectivity index (χ4n) is 1.11. The zero-order chi connectivity index (χ0) is 11.6. The molecule has 0 heterocycles. The molecular weight excluding hydrogens is 264 g/mol. The maximum Gasteiger partial charge on any atom is 0.295 e. The van der Waals surface area contributed by atoms with E-state index >= 15 is 0 Å². The van der Waals surface area contributed by atoms with Crippen molar-refractivity contribution in [3.63, 3.8) is 0 Å². The third-order valence-electron chi connectivity index (χ3n) is 1.80. The van der Waals surface area contributed by atoms with Gasteiger partial charge in [-0.1, -0.05) is 0 Å². The van der Waals surface area contributed by atoms with Gasteiger partial charge in [0.05, 0.1) is 16.1 Å². The van der Waals surface area contributed by atoms with E-state index in [2.05, 4.69) is 15.9 Å². The van der Waals surface area contributed by atoms with Crippen LogP contribution in [0.5, 0.6) is 0 Å². The van der Waals surface area contributed by atoms with Crippen LogP contribution in [0.15, 0.2) is 16.6 Å². The van der Waals surface area contributed by atoms with E-state index in [1.807, 2.05) is 0 Å². The van der Waals surface area contributed by atoms with Gasteiger partial charge in [-0.25, -0.2) is 0 Å². The van der Waals surface area contributed by atoms with Crippen molar-refractivity contribution in [3.05, 3.63) is 37.8 Å². The van der Waals surface area contributed by atoms with Gasteiger partial charge in [0.25, 0.3) is 5.69 Å². The summed E-state index contributed by atoms with van der Waals surface area (Å²) in [6, 6.07) is 4.44. The van der Waals surface area contributed by atoms with Gasteiger partial charge in [-0.15, -0.1) is 0 Å². The van der Waals surface area contributed by atoms with Gasteiger partial charge in [-0.05, 0) is 35.0 Å². The summed E-state index contributed by atoms with van der Waals surface area (Å²) in [5, 5.41) is 19.4. The monoisotopic (exact) mass is 268 g/mol. The topological polar surface area (TPSA) is 84.0 Å². The second-order valence-electron chi connectivity index (χ2n) is 2.75. The lowest BCUT2D eigenvalue weighted by Crippen LogP contribution is -2.02. The third-order valence-corrected chi connectivity index (χ3v) is 2.60. The highest BCUT2D eigenvalue weighted by Gasteiger charge is 2.23. The number of Topliss-reactive ketones (excluding diaryl/α,β-unsaturated/α-hetero) is 1. The lowest BCUT2D eigenvalue weighted by molar-refractivity contribution is -0.385. The molecular formula is C9H5BrN2O3. The van der Waals surface area contributed by atoms with Gasteiger partial charge in [0.1, 0.15) is 10.5 Å². The molecule has 5 nitrogen and oxygen atoms in total. The normalized spacial score (nSPS) is 9.40. The van der Waals surface area contributed by atoms with Crippen LogP contribution >= 0.6 is 15.9 Å². The van der Waals surface area contributed by atoms with Gasteiger partial charge >= 0.3 is 0 Å². The largest absolute Gasteiger partial charge is 0.295 e. The van der Waals surface area contributed by atoms with Crippen LogP contribution in [0.3, 0.4) is 0 Å². The zero-order valence-corrected chi connectivity index (χ0v) is 9.24. The SMILES string of the molecule is CC(=O)c1ccc(C#N)c(Br)c1[N+](=O)[O-]. The Bertz CT molecular complexity index is 491. The first-order valence-electron chi connectivity index (χ1n) is 3.87. The summed E-state index contributed by atoms with van der Waals surface area (Å²) in [5.41, 5.74) is -0.237. The average Bonchev–Trinajstić information content (AvgIpc) is 2.16. The summed E-state index contributed by atoms with van der Waals surface area (Å²) < 4.78 is 0.0442. The van der Waals surface area contributed by atoms with Crippen molar-refractivity contribution in [2.45, 2.75) is 6.92 Å². The van der Waals surface area contributed by atoms with Crippen molar-refractivity contribution in [2.75, 3.05) is 0 Å². The Hall–Kier alpha value is -1.74. The maximum atomic E-state index is 11.1. The second kappa shape index (κ2) is 4.19. The fraction of sp³-hybridized carbons (Fsp3) is 0.111. The lowest BCUT2D eigenvalue weighted by Gasteiger charge is -2.02. The first kappa shape index (κ1) is 11.3. The number of nitro benzene ring substituents is 1. The number of ketones is 1. The number of nitriles is 1. The molecule has 0 fully saturated rings. The summed E-state index contributed by atoms with van der Waals surface area (Å²) in [6.45, 7) is 1.24. The van der Waals surface area contributed by atoms with Crippen LogP contribution in [-0.4, -0.2) is 10.7 Å². The minimum Gasteiger partial charge on any atom is -0.294 e. The summed E-state index contributed by atoms with van der Waals surface area (Å²) in [5.74, 6) is -0.410. The molecule has 0 atom stereocenters. The summed E-state index contributed by atoms with van der Waals surface area (Å²) in [4.78, 5) is 21.2. The molecule has 0 aliphatic carbocycles. The molecule has 0 N–H and O–H groups in total. The average molecular weight is 269 g/mol. The smallest absolute Gasteiger partial charge is 0.294 e. The predicted octanol–water partition coefficient (Wildman–Crippen LogP) is 2.43. The van der Waals surface area contributed by atoms with Crippen LogP contribution in [0.2, 0.25) is 0 Å². The fourth-order valence-corrected chi connectivity index (χ4v) is 1.69. The van der Waals surface area contributed by atoms with Crippen molar-refractivity contribution >= 4 is 27.4 Å². The van der Waals surface area contributed by atoms with Crippen LogP contribution in [0.1, 0.15) is 22.8 Å². The molecule has 0 unspecified atom stereocenters.